The molecule has 2 heteroatoms. The Kier molecular flexibility index (Phi) is 4.39. The molecule has 18 heavy (non-hydrogen) atoms. The van der Waals surface area contributed by atoms with Crippen LogP contribution in [-0.4, -0.2) is 4.98 Å². The highest BCUT2D eigenvalue weighted by molar-refractivity contribution is 5.25. The van der Waals surface area contributed by atoms with Crippen LogP contribution in [0, 0.1) is 25.7 Å². The summed E-state index contributed by atoms with van der Waals surface area (Å²) in [6.45, 7) is 6.42. The van der Waals surface area contributed by atoms with Crippen LogP contribution in [0.3, 0.4) is 0 Å². The van der Waals surface area contributed by atoms with Crippen molar-refractivity contribution in [3.8, 4) is 0 Å². The molecule has 1 atom stereocenters. The number of nitrogens with two attached hydrogens (primary N) is 1. The summed E-state index contributed by atoms with van der Waals surface area (Å²) in [5.74, 6) is 1.58. The van der Waals surface area contributed by atoms with Crippen molar-refractivity contribution in [2.75, 3.05) is 0 Å². The zero-order chi connectivity index (χ0) is 13.1. The zero-order valence-corrected chi connectivity index (χ0v) is 11.9. The molecule has 2 rings (SSSR count). The van der Waals surface area contributed by atoms with E-state index >= 15 is 0 Å². The van der Waals surface area contributed by atoms with Crippen molar-refractivity contribution >= 4 is 0 Å². The van der Waals surface area contributed by atoms with E-state index in [1.165, 1.54) is 37.7 Å². The maximum atomic E-state index is 6.47. The Morgan fingerprint density at radius 3 is 2.44 bits per heavy atom. The number of pyridine rings is 1. The van der Waals surface area contributed by atoms with E-state index < -0.39 is 0 Å². The van der Waals surface area contributed by atoms with Gasteiger partial charge < -0.3 is 5.73 Å². The quantitative estimate of drug-likeness (QED) is 0.878. The summed E-state index contributed by atoms with van der Waals surface area (Å²) in [6.07, 6.45) is 6.60. The van der Waals surface area contributed by atoms with Gasteiger partial charge in [-0.2, -0.15) is 0 Å². The number of nitrogens with zero attached hydrogens (tertiary/aromatic N) is 1. The Labute approximate surface area is 111 Å². The Balaban J connectivity index is 2.05. The number of aromatic nitrogens is 1. The second-order valence-electron chi connectivity index (χ2n) is 5.84. The lowest BCUT2D eigenvalue weighted by atomic mass is 9.76. The molecule has 0 radical (unpaired) electrons. The highest BCUT2D eigenvalue weighted by atomic mass is 14.7. The Morgan fingerprint density at radius 1 is 1.22 bits per heavy atom. The zero-order valence-electron chi connectivity index (χ0n) is 11.9. The molecule has 1 heterocycles. The molecule has 1 aliphatic rings. The average molecular weight is 246 g/mol. The van der Waals surface area contributed by atoms with Crippen molar-refractivity contribution in [1.82, 2.24) is 4.98 Å². The van der Waals surface area contributed by atoms with Crippen LogP contribution in [0.15, 0.2) is 12.1 Å². The number of aryl methyl sites for hydroxylation is 2. The second kappa shape index (κ2) is 5.83. The lowest BCUT2D eigenvalue weighted by molar-refractivity contribution is 0.239. The van der Waals surface area contributed by atoms with E-state index in [2.05, 4.69) is 31.0 Å². The fourth-order valence-corrected chi connectivity index (χ4v) is 3.26. The minimum atomic E-state index is 0.177. The van der Waals surface area contributed by atoms with Gasteiger partial charge >= 0.3 is 0 Å². The summed E-state index contributed by atoms with van der Waals surface area (Å²) in [5, 5.41) is 0. The normalized spacial score (nSPS) is 26.0. The van der Waals surface area contributed by atoms with Gasteiger partial charge in [0.1, 0.15) is 0 Å². The first-order valence-corrected chi connectivity index (χ1v) is 7.31. The van der Waals surface area contributed by atoms with E-state index in [4.69, 9.17) is 5.73 Å². The molecule has 1 aromatic heterocycles. The maximum Gasteiger partial charge on any atom is 0.0423 e. The van der Waals surface area contributed by atoms with Crippen LogP contribution in [0.25, 0.3) is 0 Å². The largest absolute Gasteiger partial charge is 0.324 e. The molecule has 2 nitrogen and oxygen atoms in total. The van der Waals surface area contributed by atoms with Crippen molar-refractivity contribution in [1.29, 1.82) is 0 Å². The summed E-state index contributed by atoms with van der Waals surface area (Å²) in [5.41, 5.74) is 9.91. The predicted molar refractivity (Wildman–Crippen MR) is 76.4 cm³/mol. The van der Waals surface area contributed by atoms with E-state index in [9.17, 15) is 0 Å². The molecule has 0 amide bonds. The van der Waals surface area contributed by atoms with Crippen molar-refractivity contribution in [3.63, 3.8) is 0 Å². The molecule has 1 fully saturated rings. The van der Waals surface area contributed by atoms with E-state index in [1.54, 1.807) is 0 Å². The van der Waals surface area contributed by atoms with Gasteiger partial charge in [-0.25, -0.2) is 0 Å². The molecule has 1 unspecified atom stereocenters. The van der Waals surface area contributed by atoms with E-state index in [0.717, 1.165) is 17.3 Å². The Morgan fingerprint density at radius 2 is 1.89 bits per heavy atom. The molecule has 1 aromatic rings. The lowest BCUT2D eigenvalue weighted by Gasteiger charge is -2.32. The van der Waals surface area contributed by atoms with Crippen molar-refractivity contribution in [2.24, 2.45) is 17.6 Å². The van der Waals surface area contributed by atoms with Crippen LogP contribution in [0.4, 0.5) is 0 Å². The molecule has 100 valence electrons. The van der Waals surface area contributed by atoms with Crippen molar-refractivity contribution in [3.05, 3.63) is 29.1 Å². The minimum absolute atomic E-state index is 0.177. The van der Waals surface area contributed by atoms with Gasteiger partial charge in [0.15, 0.2) is 0 Å². The van der Waals surface area contributed by atoms with E-state index in [0.29, 0.717) is 5.92 Å². The topological polar surface area (TPSA) is 38.9 Å². The van der Waals surface area contributed by atoms with Crippen LogP contribution in [0.1, 0.15) is 62.0 Å². The number of hydrogen-bond donors (Lipinski definition) is 1. The summed E-state index contributed by atoms with van der Waals surface area (Å²) in [4.78, 5) is 4.54. The minimum Gasteiger partial charge on any atom is -0.324 e. The predicted octanol–water partition coefficient (Wildman–Crippen LogP) is 3.91. The molecule has 1 saturated carbocycles. The van der Waals surface area contributed by atoms with Crippen LogP contribution < -0.4 is 5.73 Å². The third kappa shape index (κ3) is 2.92. The molecule has 0 spiro atoms. The summed E-state index contributed by atoms with van der Waals surface area (Å²) < 4.78 is 0. The first-order chi connectivity index (χ1) is 8.61. The third-order valence-electron chi connectivity index (χ3n) is 4.60. The summed E-state index contributed by atoms with van der Waals surface area (Å²) >= 11 is 0. The highest BCUT2D eigenvalue weighted by Gasteiger charge is 2.26. The standard InChI is InChI=1S/C16H26N2/c1-4-13-6-8-14(9-7-13)16(17)15-10-5-11(2)18-12(15)3/h5,10,13-14,16H,4,6-9,17H2,1-3H3. The summed E-state index contributed by atoms with van der Waals surface area (Å²) in [7, 11) is 0. The van der Waals surface area contributed by atoms with Gasteiger partial charge in [0.2, 0.25) is 0 Å². The fraction of sp³-hybridized carbons (Fsp3) is 0.688. The van der Waals surface area contributed by atoms with Crippen LogP contribution in [0.5, 0.6) is 0 Å². The maximum absolute atomic E-state index is 6.47. The SMILES string of the molecule is CCC1CCC(C(N)c2ccc(C)nc2C)CC1. The van der Waals surface area contributed by atoms with Gasteiger partial charge in [-0.3, -0.25) is 4.98 Å². The Bertz CT molecular complexity index is 392. The summed E-state index contributed by atoms with van der Waals surface area (Å²) in [6, 6.07) is 4.43. The number of rotatable bonds is 3. The molecule has 0 bridgehead atoms. The average Bonchev–Trinajstić information content (AvgIpc) is 2.38. The first-order valence-electron chi connectivity index (χ1n) is 7.31. The van der Waals surface area contributed by atoms with Crippen LogP contribution in [0.2, 0.25) is 0 Å². The van der Waals surface area contributed by atoms with Gasteiger partial charge in [0, 0.05) is 17.4 Å². The smallest absolute Gasteiger partial charge is 0.0423 e. The molecular weight excluding hydrogens is 220 g/mol. The molecular formula is C16H26N2. The first kappa shape index (κ1) is 13.5. The van der Waals surface area contributed by atoms with E-state index in [-0.39, 0.29) is 6.04 Å². The molecule has 0 aromatic carbocycles. The van der Waals surface area contributed by atoms with E-state index in [1.807, 2.05) is 6.92 Å². The van der Waals surface area contributed by atoms with Crippen LogP contribution >= 0.6 is 0 Å². The monoisotopic (exact) mass is 246 g/mol. The van der Waals surface area contributed by atoms with Gasteiger partial charge in [-0.05, 0) is 50.2 Å². The van der Waals surface area contributed by atoms with Gasteiger partial charge in [0.25, 0.3) is 0 Å². The van der Waals surface area contributed by atoms with Gasteiger partial charge in [-0.1, -0.05) is 32.3 Å². The van der Waals surface area contributed by atoms with Gasteiger partial charge in [-0.15, -0.1) is 0 Å². The number of hydrogen-bond acceptors (Lipinski definition) is 2. The third-order valence-corrected chi connectivity index (χ3v) is 4.60. The molecule has 1 aliphatic carbocycles. The van der Waals surface area contributed by atoms with Crippen molar-refractivity contribution in [2.45, 2.75) is 58.9 Å². The highest BCUT2D eigenvalue weighted by Crippen LogP contribution is 2.37. The second-order valence-corrected chi connectivity index (χ2v) is 5.84. The molecule has 0 saturated heterocycles. The molecule has 2 N–H and O–H groups in total. The Hall–Kier alpha value is -0.890. The molecule has 0 aliphatic heterocycles. The van der Waals surface area contributed by atoms with Crippen molar-refractivity contribution < 1.29 is 0 Å². The van der Waals surface area contributed by atoms with Crippen LogP contribution in [-0.2, 0) is 0 Å². The lowest BCUT2D eigenvalue weighted by Crippen LogP contribution is -2.26. The fourth-order valence-electron chi connectivity index (χ4n) is 3.26. The van der Waals surface area contributed by atoms with Gasteiger partial charge in [0.05, 0.1) is 0 Å².